The Balaban J connectivity index is 1.48. The van der Waals surface area contributed by atoms with Crippen LogP contribution in [-0.2, 0) is 16.1 Å². The van der Waals surface area contributed by atoms with E-state index in [1.165, 1.54) is 0 Å². The third-order valence-corrected chi connectivity index (χ3v) is 5.88. The smallest absolute Gasteiger partial charge is 0.242 e. The van der Waals surface area contributed by atoms with Crippen LogP contribution in [0.3, 0.4) is 0 Å². The number of carbonyl (C=O) groups is 1. The zero-order valence-corrected chi connectivity index (χ0v) is 16.7. The number of fused-ring (bicyclic) bond motifs is 1. The number of nitrogens with zero attached hydrogens (tertiary/aromatic N) is 5. The van der Waals surface area contributed by atoms with Gasteiger partial charge in [0.05, 0.1) is 31.9 Å². The summed E-state index contributed by atoms with van der Waals surface area (Å²) in [6.07, 6.45) is 3.59. The predicted octanol–water partition coefficient (Wildman–Crippen LogP) is -0.249. The highest BCUT2D eigenvalue weighted by Crippen LogP contribution is 2.29. The van der Waals surface area contributed by atoms with Gasteiger partial charge in [-0.15, -0.1) is 0 Å². The Labute approximate surface area is 166 Å². The van der Waals surface area contributed by atoms with E-state index in [1.54, 1.807) is 6.33 Å². The summed E-state index contributed by atoms with van der Waals surface area (Å²) in [7, 11) is 1.94. The van der Waals surface area contributed by atoms with E-state index in [9.17, 15) is 4.79 Å². The number of morpholine rings is 1. The molecule has 0 spiro atoms. The van der Waals surface area contributed by atoms with Crippen LogP contribution in [0.1, 0.15) is 18.4 Å². The van der Waals surface area contributed by atoms with Gasteiger partial charge >= 0.3 is 0 Å². The Kier molecular flexibility index (Phi) is 6.23. The van der Waals surface area contributed by atoms with E-state index >= 15 is 0 Å². The lowest BCUT2D eigenvalue weighted by Gasteiger charge is -2.34. The van der Waals surface area contributed by atoms with Crippen molar-refractivity contribution < 1.29 is 9.53 Å². The highest BCUT2D eigenvalue weighted by Gasteiger charge is 2.32. The lowest BCUT2D eigenvalue weighted by atomic mass is 10.0. The van der Waals surface area contributed by atoms with Gasteiger partial charge in [-0.2, -0.15) is 0 Å². The normalized spacial score (nSPS) is 22.1. The summed E-state index contributed by atoms with van der Waals surface area (Å²) in [4.78, 5) is 28.3. The highest BCUT2D eigenvalue weighted by molar-refractivity contribution is 5.83. The molecule has 4 rings (SSSR count). The predicted molar refractivity (Wildman–Crippen MR) is 107 cm³/mol. The van der Waals surface area contributed by atoms with E-state index in [0.717, 1.165) is 82.5 Å². The molecule has 0 radical (unpaired) electrons. The first-order valence-corrected chi connectivity index (χ1v) is 10.3. The van der Waals surface area contributed by atoms with Gasteiger partial charge in [0.1, 0.15) is 18.0 Å². The Hall–Kier alpha value is -1.97. The van der Waals surface area contributed by atoms with Crippen molar-refractivity contribution in [2.24, 2.45) is 0 Å². The van der Waals surface area contributed by atoms with Gasteiger partial charge in [0, 0.05) is 39.3 Å². The minimum absolute atomic E-state index is 0.173. The zero-order chi connectivity index (χ0) is 19.3. The fourth-order valence-corrected chi connectivity index (χ4v) is 4.27. The van der Waals surface area contributed by atoms with Crippen LogP contribution in [-0.4, -0.2) is 97.8 Å². The molecule has 9 nitrogen and oxygen atoms in total. The van der Waals surface area contributed by atoms with Crippen LogP contribution < -0.4 is 15.5 Å². The number of amides is 1. The Bertz CT molecular complexity index is 674. The van der Waals surface area contributed by atoms with E-state index in [2.05, 4.69) is 25.5 Å². The molecule has 0 bridgehead atoms. The molecule has 2 fully saturated rings. The van der Waals surface area contributed by atoms with E-state index in [0.29, 0.717) is 13.1 Å². The second kappa shape index (κ2) is 9.02. The highest BCUT2D eigenvalue weighted by atomic mass is 16.5. The molecule has 2 N–H and O–H groups in total. The van der Waals surface area contributed by atoms with Gasteiger partial charge in [0.25, 0.3) is 0 Å². The van der Waals surface area contributed by atoms with Crippen molar-refractivity contribution in [1.29, 1.82) is 0 Å². The summed E-state index contributed by atoms with van der Waals surface area (Å²) in [6, 6.07) is 0.287. The number of hydrogen-bond acceptors (Lipinski definition) is 8. The number of carbonyl (C=O) groups excluding carboxylic acids is 1. The van der Waals surface area contributed by atoms with Crippen LogP contribution >= 0.6 is 0 Å². The topological polar surface area (TPSA) is 85.9 Å². The average Bonchev–Trinajstić information content (AvgIpc) is 2.86. The van der Waals surface area contributed by atoms with E-state index in [-0.39, 0.29) is 11.9 Å². The van der Waals surface area contributed by atoms with Crippen molar-refractivity contribution in [3.05, 3.63) is 11.9 Å². The molecular formula is C19H31N7O2. The lowest BCUT2D eigenvalue weighted by Crippen LogP contribution is -2.47. The van der Waals surface area contributed by atoms with Crippen molar-refractivity contribution in [3.8, 4) is 0 Å². The zero-order valence-electron chi connectivity index (χ0n) is 16.7. The second-order valence-electron chi connectivity index (χ2n) is 7.76. The van der Waals surface area contributed by atoms with Crippen molar-refractivity contribution in [2.75, 3.05) is 76.3 Å². The van der Waals surface area contributed by atoms with Crippen molar-refractivity contribution in [1.82, 2.24) is 25.1 Å². The first kappa shape index (κ1) is 19.4. The number of piperidine rings is 1. The molecule has 3 aliphatic rings. The maximum atomic E-state index is 12.9. The summed E-state index contributed by atoms with van der Waals surface area (Å²) in [5.74, 6) is 1.87. The van der Waals surface area contributed by atoms with Crippen LogP contribution in [0, 0.1) is 0 Å². The molecule has 9 heteroatoms. The molecule has 0 aliphatic carbocycles. The minimum atomic E-state index is 0.173. The summed E-state index contributed by atoms with van der Waals surface area (Å²) in [5, 5.41) is 6.88. The molecule has 2 saturated heterocycles. The van der Waals surface area contributed by atoms with Gasteiger partial charge in [0.2, 0.25) is 5.91 Å². The summed E-state index contributed by atoms with van der Waals surface area (Å²) >= 11 is 0. The average molecular weight is 390 g/mol. The van der Waals surface area contributed by atoms with Crippen molar-refractivity contribution >= 4 is 17.5 Å². The third-order valence-electron chi connectivity index (χ3n) is 5.88. The van der Waals surface area contributed by atoms with Gasteiger partial charge < -0.3 is 25.2 Å². The van der Waals surface area contributed by atoms with Gasteiger partial charge in [-0.3, -0.25) is 9.69 Å². The third kappa shape index (κ3) is 4.37. The molecule has 1 aromatic rings. The van der Waals surface area contributed by atoms with Crippen LogP contribution in [0.2, 0.25) is 0 Å². The molecule has 154 valence electrons. The van der Waals surface area contributed by atoms with Gasteiger partial charge in [-0.05, 0) is 25.9 Å². The number of aromatic nitrogens is 2. The van der Waals surface area contributed by atoms with Crippen LogP contribution in [0.25, 0.3) is 0 Å². The monoisotopic (exact) mass is 389 g/mol. The SMILES string of the molecule is CN1CC(=O)N(C2CCNCC2)Cc2c(NCCN3CCOCC3)ncnc21. The lowest BCUT2D eigenvalue weighted by molar-refractivity contribution is -0.133. The molecule has 0 atom stereocenters. The van der Waals surface area contributed by atoms with E-state index in [4.69, 9.17) is 4.74 Å². The molecule has 0 saturated carbocycles. The Morgan fingerprint density at radius 1 is 1.21 bits per heavy atom. The van der Waals surface area contributed by atoms with Gasteiger partial charge in [-0.1, -0.05) is 0 Å². The van der Waals surface area contributed by atoms with E-state index in [1.807, 2.05) is 16.8 Å². The van der Waals surface area contributed by atoms with E-state index < -0.39 is 0 Å². The van der Waals surface area contributed by atoms with Crippen molar-refractivity contribution in [2.45, 2.75) is 25.4 Å². The Morgan fingerprint density at radius 3 is 2.79 bits per heavy atom. The fourth-order valence-electron chi connectivity index (χ4n) is 4.27. The molecule has 4 heterocycles. The summed E-state index contributed by atoms with van der Waals surface area (Å²) < 4.78 is 5.41. The fraction of sp³-hybridized carbons (Fsp3) is 0.737. The number of nitrogens with one attached hydrogen (secondary N) is 2. The van der Waals surface area contributed by atoms with Crippen LogP contribution in [0.4, 0.5) is 11.6 Å². The quantitative estimate of drug-likeness (QED) is 0.713. The maximum Gasteiger partial charge on any atom is 0.242 e. The molecule has 28 heavy (non-hydrogen) atoms. The molecule has 1 amide bonds. The second-order valence-corrected chi connectivity index (χ2v) is 7.76. The minimum Gasteiger partial charge on any atom is -0.379 e. The van der Waals surface area contributed by atoms with Gasteiger partial charge in [-0.25, -0.2) is 9.97 Å². The van der Waals surface area contributed by atoms with Crippen molar-refractivity contribution in [3.63, 3.8) is 0 Å². The number of likely N-dealkylation sites (N-methyl/N-ethyl adjacent to an activating group) is 1. The Morgan fingerprint density at radius 2 is 2.00 bits per heavy atom. The molecule has 0 aromatic carbocycles. The first-order valence-electron chi connectivity index (χ1n) is 10.3. The maximum absolute atomic E-state index is 12.9. The molecule has 1 aromatic heterocycles. The molecule has 0 unspecified atom stereocenters. The van der Waals surface area contributed by atoms with Crippen LogP contribution in [0.5, 0.6) is 0 Å². The summed E-state index contributed by atoms with van der Waals surface area (Å²) in [5.41, 5.74) is 1.02. The largest absolute Gasteiger partial charge is 0.379 e. The number of anilines is 2. The standard InChI is InChI=1S/C19H31N7O2/c1-24-13-17(27)26(15-2-4-20-5-3-15)12-16-18(22-14-23-19(16)24)21-6-7-25-8-10-28-11-9-25/h14-15,20H,2-13H2,1H3,(H,21,22,23). The number of rotatable bonds is 5. The molecular weight excluding hydrogens is 358 g/mol. The molecule has 3 aliphatic heterocycles. The summed E-state index contributed by atoms with van der Waals surface area (Å²) in [6.45, 7) is 8.20. The number of ether oxygens (including phenoxy) is 1. The number of hydrogen-bond donors (Lipinski definition) is 2. The van der Waals surface area contributed by atoms with Crippen LogP contribution in [0.15, 0.2) is 6.33 Å². The van der Waals surface area contributed by atoms with Gasteiger partial charge in [0.15, 0.2) is 0 Å². The first-order chi connectivity index (χ1) is 13.7.